The summed E-state index contributed by atoms with van der Waals surface area (Å²) in [6.07, 6.45) is 5.44. The van der Waals surface area contributed by atoms with Gasteiger partial charge < -0.3 is 5.11 Å². The number of aliphatic hydroxyl groups is 1. The third-order valence-corrected chi connectivity index (χ3v) is 2.42. The van der Waals surface area contributed by atoms with Gasteiger partial charge in [0, 0.05) is 6.42 Å². The summed E-state index contributed by atoms with van der Waals surface area (Å²) in [5.74, 6) is 0.0252. The Labute approximate surface area is 67.6 Å². The maximum Gasteiger partial charge on any atom is 0.164 e. The van der Waals surface area contributed by atoms with E-state index in [2.05, 4.69) is 0 Å². The summed E-state index contributed by atoms with van der Waals surface area (Å²) in [7, 11) is 0. The number of hydrogen-bond donors (Lipinski definition) is 1. The second-order valence-corrected chi connectivity index (χ2v) is 3.61. The molecule has 11 heavy (non-hydrogen) atoms. The quantitative estimate of drug-likeness (QED) is 0.579. The molecule has 0 spiro atoms. The summed E-state index contributed by atoms with van der Waals surface area (Å²) < 4.78 is 0. The molecule has 0 radical (unpaired) electrons. The van der Waals surface area contributed by atoms with Crippen LogP contribution in [0.5, 0.6) is 0 Å². The van der Waals surface area contributed by atoms with Gasteiger partial charge in [0.05, 0.1) is 0 Å². The van der Waals surface area contributed by atoms with Crippen molar-refractivity contribution in [3.05, 3.63) is 0 Å². The fourth-order valence-electron chi connectivity index (χ4n) is 1.52. The maximum absolute atomic E-state index is 11.2. The van der Waals surface area contributed by atoms with Gasteiger partial charge >= 0.3 is 0 Å². The number of Topliss-reactive ketones (excluding diaryl/α,β-unsaturated/α-hetero) is 1. The van der Waals surface area contributed by atoms with Crippen molar-refractivity contribution < 1.29 is 9.90 Å². The van der Waals surface area contributed by atoms with Crippen LogP contribution in [0.3, 0.4) is 0 Å². The summed E-state index contributed by atoms with van der Waals surface area (Å²) in [6, 6.07) is 0. The van der Waals surface area contributed by atoms with Crippen LogP contribution in [-0.2, 0) is 4.79 Å². The van der Waals surface area contributed by atoms with Crippen LogP contribution >= 0.6 is 0 Å². The Kier molecular flexibility index (Phi) is 2.66. The highest BCUT2D eigenvalue weighted by Crippen LogP contribution is 2.22. The molecule has 1 N–H and O–H groups in total. The van der Waals surface area contributed by atoms with Crippen LogP contribution in [0.25, 0.3) is 0 Å². The highest BCUT2D eigenvalue weighted by atomic mass is 16.3. The number of rotatable bonds is 0. The van der Waals surface area contributed by atoms with Crippen molar-refractivity contribution in [3.63, 3.8) is 0 Å². The molecule has 64 valence electrons. The lowest BCUT2D eigenvalue weighted by atomic mass is 9.88. The molecular weight excluding hydrogens is 140 g/mol. The van der Waals surface area contributed by atoms with Crippen molar-refractivity contribution in [3.8, 4) is 0 Å². The third kappa shape index (κ3) is 2.29. The van der Waals surface area contributed by atoms with Crippen LogP contribution in [0.2, 0.25) is 0 Å². The molecule has 0 bridgehead atoms. The van der Waals surface area contributed by atoms with Gasteiger partial charge in [-0.05, 0) is 19.8 Å². The van der Waals surface area contributed by atoms with Gasteiger partial charge in [0.2, 0.25) is 0 Å². The maximum atomic E-state index is 11.2. The highest BCUT2D eigenvalue weighted by Gasteiger charge is 2.29. The van der Waals surface area contributed by atoms with E-state index in [1.54, 1.807) is 6.92 Å². The molecule has 1 saturated carbocycles. The Morgan fingerprint density at radius 1 is 1.27 bits per heavy atom. The van der Waals surface area contributed by atoms with E-state index in [1.165, 1.54) is 0 Å². The SMILES string of the molecule is CC1(O)CCCCCCC1=O. The number of carbonyl (C=O) groups excluding carboxylic acids is 1. The number of hydrogen-bond acceptors (Lipinski definition) is 2. The van der Waals surface area contributed by atoms with Crippen LogP contribution in [0.1, 0.15) is 45.4 Å². The number of carbonyl (C=O) groups is 1. The first-order valence-electron chi connectivity index (χ1n) is 4.38. The van der Waals surface area contributed by atoms with Gasteiger partial charge in [-0.25, -0.2) is 0 Å². The molecule has 0 heterocycles. The average molecular weight is 156 g/mol. The standard InChI is InChI=1S/C9H16O2/c1-9(11)7-5-3-2-4-6-8(9)10/h11H,2-7H2,1H3. The Bertz CT molecular complexity index is 150. The van der Waals surface area contributed by atoms with Gasteiger partial charge in [-0.15, -0.1) is 0 Å². The lowest BCUT2D eigenvalue weighted by Gasteiger charge is -2.23. The minimum Gasteiger partial charge on any atom is -0.382 e. The summed E-state index contributed by atoms with van der Waals surface area (Å²) >= 11 is 0. The predicted octanol–water partition coefficient (Wildman–Crippen LogP) is 1.66. The Morgan fingerprint density at radius 2 is 1.91 bits per heavy atom. The van der Waals surface area contributed by atoms with Crippen molar-refractivity contribution in [2.75, 3.05) is 0 Å². The molecule has 2 heteroatoms. The van der Waals surface area contributed by atoms with Gasteiger partial charge in [0.25, 0.3) is 0 Å². The van der Waals surface area contributed by atoms with E-state index in [4.69, 9.17) is 0 Å². The normalized spacial score (nSPS) is 34.5. The topological polar surface area (TPSA) is 37.3 Å². The van der Waals surface area contributed by atoms with E-state index in [-0.39, 0.29) is 5.78 Å². The fourth-order valence-corrected chi connectivity index (χ4v) is 1.52. The van der Waals surface area contributed by atoms with E-state index < -0.39 is 5.60 Å². The van der Waals surface area contributed by atoms with E-state index in [9.17, 15) is 9.90 Å². The zero-order valence-corrected chi connectivity index (χ0v) is 7.10. The first-order valence-corrected chi connectivity index (χ1v) is 4.38. The Balaban J connectivity index is 2.54. The van der Waals surface area contributed by atoms with Crippen molar-refractivity contribution in [1.29, 1.82) is 0 Å². The smallest absolute Gasteiger partial charge is 0.164 e. The van der Waals surface area contributed by atoms with Gasteiger partial charge in [-0.3, -0.25) is 4.79 Å². The molecule has 1 aliphatic carbocycles. The average Bonchev–Trinajstić information content (AvgIpc) is 1.93. The highest BCUT2D eigenvalue weighted by molar-refractivity contribution is 5.86. The van der Waals surface area contributed by atoms with Crippen LogP contribution in [0, 0.1) is 0 Å². The van der Waals surface area contributed by atoms with Crippen molar-refractivity contribution in [2.24, 2.45) is 0 Å². The molecule has 0 aliphatic heterocycles. The van der Waals surface area contributed by atoms with E-state index >= 15 is 0 Å². The van der Waals surface area contributed by atoms with Crippen LogP contribution in [0.15, 0.2) is 0 Å². The van der Waals surface area contributed by atoms with Crippen LogP contribution in [0.4, 0.5) is 0 Å². The van der Waals surface area contributed by atoms with Crippen LogP contribution < -0.4 is 0 Å². The van der Waals surface area contributed by atoms with E-state index in [0.717, 1.165) is 25.7 Å². The number of ketones is 1. The second-order valence-electron chi connectivity index (χ2n) is 3.61. The molecule has 2 nitrogen and oxygen atoms in total. The molecule has 0 aromatic heterocycles. The minimum atomic E-state index is -1.03. The molecule has 0 aromatic carbocycles. The largest absolute Gasteiger partial charge is 0.382 e. The van der Waals surface area contributed by atoms with Gasteiger partial charge in [0.1, 0.15) is 5.60 Å². The molecule has 1 rings (SSSR count). The van der Waals surface area contributed by atoms with Crippen molar-refractivity contribution in [2.45, 2.75) is 51.0 Å². The summed E-state index contributed by atoms with van der Waals surface area (Å²) in [5.41, 5.74) is -1.03. The molecule has 1 aliphatic rings. The van der Waals surface area contributed by atoms with Gasteiger partial charge in [0.15, 0.2) is 5.78 Å². The van der Waals surface area contributed by atoms with Crippen LogP contribution in [-0.4, -0.2) is 16.5 Å². The first kappa shape index (κ1) is 8.72. The van der Waals surface area contributed by atoms with Gasteiger partial charge in [-0.1, -0.05) is 19.3 Å². The van der Waals surface area contributed by atoms with Gasteiger partial charge in [-0.2, -0.15) is 0 Å². The molecule has 0 aromatic rings. The molecular formula is C9H16O2. The molecule has 0 saturated heterocycles. The molecule has 1 fully saturated rings. The zero-order valence-electron chi connectivity index (χ0n) is 7.10. The van der Waals surface area contributed by atoms with E-state index in [1.807, 2.05) is 0 Å². The monoisotopic (exact) mass is 156 g/mol. The van der Waals surface area contributed by atoms with E-state index in [0.29, 0.717) is 12.8 Å². The molecule has 0 amide bonds. The fraction of sp³-hybridized carbons (Fsp3) is 0.889. The second kappa shape index (κ2) is 3.35. The van der Waals surface area contributed by atoms with Crippen molar-refractivity contribution in [1.82, 2.24) is 0 Å². The molecule has 1 unspecified atom stereocenters. The third-order valence-electron chi connectivity index (χ3n) is 2.42. The zero-order chi connectivity index (χ0) is 8.32. The lowest BCUT2D eigenvalue weighted by Crippen LogP contribution is -2.35. The van der Waals surface area contributed by atoms with Crippen molar-refractivity contribution >= 4 is 5.78 Å². The Morgan fingerprint density at radius 3 is 2.64 bits per heavy atom. The first-order chi connectivity index (χ1) is 5.13. The summed E-state index contributed by atoms with van der Waals surface area (Å²) in [4.78, 5) is 11.2. The lowest BCUT2D eigenvalue weighted by molar-refractivity contribution is -0.137. The minimum absolute atomic E-state index is 0.0252. The summed E-state index contributed by atoms with van der Waals surface area (Å²) in [5, 5.41) is 9.60. The predicted molar refractivity (Wildman–Crippen MR) is 43.3 cm³/mol. The molecule has 1 atom stereocenters. The Hall–Kier alpha value is -0.370. The summed E-state index contributed by atoms with van der Waals surface area (Å²) in [6.45, 7) is 1.64.